The molecular formula is C9H8N2O. The molecule has 0 fully saturated rings. The van der Waals surface area contributed by atoms with Gasteiger partial charge < -0.3 is 10.3 Å². The van der Waals surface area contributed by atoms with E-state index in [1.807, 2.05) is 24.3 Å². The topological polar surface area (TPSA) is 52.0 Å². The third-order valence-corrected chi connectivity index (χ3v) is 1.62. The van der Waals surface area contributed by atoms with E-state index in [1.54, 1.807) is 12.3 Å². The Morgan fingerprint density at radius 2 is 2.17 bits per heavy atom. The summed E-state index contributed by atoms with van der Waals surface area (Å²) in [6.07, 6.45) is 1.54. The largest absolute Gasteiger partial charge is 0.399 e. The van der Waals surface area contributed by atoms with Crippen molar-refractivity contribution in [1.82, 2.24) is 5.16 Å². The Bertz CT molecular complexity index is 368. The molecule has 2 aromatic rings. The van der Waals surface area contributed by atoms with Crippen LogP contribution in [0.2, 0.25) is 0 Å². The Morgan fingerprint density at radius 1 is 1.25 bits per heavy atom. The van der Waals surface area contributed by atoms with Gasteiger partial charge >= 0.3 is 0 Å². The fraction of sp³-hybridized carbons (Fsp3) is 0. The summed E-state index contributed by atoms with van der Waals surface area (Å²) in [5.41, 5.74) is 8.12. The summed E-state index contributed by atoms with van der Waals surface area (Å²) in [7, 11) is 0. The molecule has 0 unspecified atom stereocenters. The number of anilines is 1. The maximum absolute atomic E-state index is 5.61. The van der Waals surface area contributed by atoms with Crippen LogP contribution in [-0.4, -0.2) is 5.16 Å². The lowest BCUT2D eigenvalue weighted by atomic mass is 10.1. The predicted octanol–water partition coefficient (Wildman–Crippen LogP) is 1.92. The molecule has 3 nitrogen and oxygen atoms in total. The first-order valence-corrected chi connectivity index (χ1v) is 3.62. The van der Waals surface area contributed by atoms with Gasteiger partial charge in [0, 0.05) is 17.3 Å². The van der Waals surface area contributed by atoms with Crippen molar-refractivity contribution in [1.29, 1.82) is 0 Å². The molecule has 12 heavy (non-hydrogen) atoms. The van der Waals surface area contributed by atoms with Gasteiger partial charge in [0.2, 0.25) is 0 Å². The summed E-state index contributed by atoms with van der Waals surface area (Å²) in [6, 6.07) is 9.32. The molecule has 0 saturated heterocycles. The normalized spacial score (nSPS) is 10.0. The number of hydrogen-bond donors (Lipinski definition) is 1. The van der Waals surface area contributed by atoms with Crippen molar-refractivity contribution in [3.8, 4) is 11.3 Å². The Balaban J connectivity index is 2.48. The van der Waals surface area contributed by atoms with Crippen molar-refractivity contribution in [2.75, 3.05) is 5.73 Å². The monoisotopic (exact) mass is 160 g/mol. The highest BCUT2D eigenvalue weighted by Crippen LogP contribution is 2.18. The average Bonchev–Trinajstić information content (AvgIpc) is 2.56. The van der Waals surface area contributed by atoms with E-state index in [-0.39, 0.29) is 0 Å². The van der Waals surface area contributed by atoms with Gasteiger partial charge in [-0.25, -0.2) is 0 Å². The molecular weight excluding hydrogens is 152 g/mol. The maximum atomic E-state index is 5.61. The van der Waals surface area contributed by atoms with Crippen LogP contribution < -0.4 is 5.73 Å². The molecule has 0 aliphatic heterocycles. The number of nitrogens with zero attached hydrogens (tertiary/aromatic N) is 1. The first-order valence-electron chi connectivity index (χ1n) is 3.62. The van der Waals surface area contributed by atoms with Crippen LogP contribution in [0.4, 0.5) is 5.69 Å². The van der Waals surface area contributed by atoms with Crippen molar-refractivity contribution in [3.05, 3.63) is 36.6 Å². The number of nitrogens with two attached hydrogens (primary N) is 1. The molecule has 0 saturated carbocycles. The highest BCUT2D eigenvalue weighted by molar-refractivity contribution is 5.63. The zero-order chi connectivity index (χ0) is 8.39. The Hall–Kier alpha value is -1.77. The number of hydrogen-bond acceptors (Lipinski definition) is 3. The molecule has 0 radical (unpaired) electrons. The van der Waals surface area contributed by atoms with E-state index in [1.165, 1.54) is 0 Å². The summed E-state index contributed by atoms with van der Waals surface area (Å²) < 4.78 is 4.72. The van der Waals surface area contributed by atoms with Crippen molar-refractivity contribution < 1.29 is 4.52 Å². The van der Waals surface area contributed by atoms with Crippen molar-refractivity contribution >= 4 is 5.69 Å². The van der Waals surface area contributed by atoms with Gasteiger partial charge in [-0.3, -0.25) is 0 Å². The molecule has 0 bridgehead atoms. The quantitative estimate of drug-likeness (QED) is 0.648. The number of benzene rings is 1. The summed E-state index contributed by atoms with van der Waals surface area (Å²) in [6.45, 7) is 0. The van der Waals surface area contributed by atoms with Crippen LogP contribution in [0.25, 0.3) is 11.3 Å². The van der Waals surface area contributed by atoms with Gasteiger partial charge in [0.1, 0.15) is 12.0 Å². The SMILES string of the molecule is Nc1cccc(-c2ccon2)c1. The van der Waals surface area contributed by atoms with Crippen LogP contribution in [0.1, 0.15) is 0 Å². The molecule has 60 valence electrons. The minimum absolute atomic E-state index is 0.732. The lowest BCUT2D eigenvalue weighted by Crippen LogP contribution is -1.84. The number of nitrogen functional groups attached to an aromatic ring is 1. The Labute approximate surface area is 69.8 Å². The average molecular weight is 160 g/mol. The zero-order valence-corrected chi connectivity index (χ0v) is 6.40. The van der Waals surface area contributed by atoms with Gasteiger partial charge in [-0.1, -0.05) is 17.3 Å². The van der Waals surface area contributed by atoms with Crippen LogP contribution in [0.15, 0.2) is 41.1 Å². The smallest absolute Gasteiger partial charge is 0.124 e. The first kappa shape index (κ1) is 6.91. The Morgan fingerprint density at radius 3 is 2.83 bits per heavy atom. The van der Waals surface area contributed by atoms with Crippen LogP contribution in [0.5, 0.6) is 0 Å². The molecule has 0 aliphatic carbocycles. The molecule has 2 N–H and O–H groups in total. The van der Waals surface area contributed by atoms with E-state index in [9.17, 15) is 0 Å². The van der Waals surface area contributed by atoms with Crippen molar-refractivity contribution in [3.63, 3.8) is 0 Å². The molecule has 1 aromatic carbocycles. The molecule has 0 spiro atoms. The van der Waals surface area contributed by atoms with Crippen LogP contribution >= 0.6 is 0 Å². The van der Waals surface area contributed by atoms with Gasteiger partial charge in [-0.2, -0.15) is 0 Å². The molecule has 0 amide bonds. The third kappa shape index (κ3) is 1.16. The molecule has 2 rings (SSSR count). The van der Waals surface area contributed by atoms with E-state index in [0.29, 0.717) is 0 Å². The van der Waals surface area contributed by atoms with Crippen molar-refractivity contribution in [2.45, 2.75) is 0 Å². The second kappa shape index (κ2) is 2.70. The predicted molar refractivity (Wildman–Crippen MR) is 46.4 cm³/mol. The number of aromatic nitrogens is 1. The van der Waals surface area contributed by atoms with E-state index in [0.717, 1.165) is 16.9 Å². The van der Waals surface area contributed by atoms with E-state index >= 15 is 0 Å². The third-order valence-electron chi connectivity index (χ3n) is 1.62. The minimum Gasteiger partial charge on any atom is -0.399 e. The van der Waals surface area contributed by atoms with Gasteiger partial charge in [-0.05, 0) is 12.1 Å². The standard InChI is InChI=1S/C9H8N2O/c10-8-3-1-2-7(6-8)9-4-5-12-11-9/h1-6H,10H2. The minimum atomic E-state index is 0.732. The fourth-order valence-corrected chi connectivity index (χ4v) is 1.06. The molecule has 0 aliphatic rings. The number of rotatable bonds is 1. The van der Waals surface area contributed by atoms with Crippen LogP contribution in [-0.2, 0) is 0 Å². The molecule has 1 aromatic heterocycles. The van der Waals surface area contributed by atoms with Gasteiger partial charge in [0.05, 0.1) is 0 Å². The molecule has 1 heterocycles. The second-order valence-electron chi connectivity index (χ2n) is 2.51. The Kier molecular flexibility index (Phi) is 1.55. The summed E-state index contributed by atoms with van der Waals surface area (Å²) in [4.78, 5) is 0. The van der Waals surface area contributed by atoms with Gasteiger partial charge in [-0.15, -0.1) is 0 Å². The van der Waals surface area contributed by atoms with E-state index in [4.69, 9.17) is 10.3 Å². The first-order chi connectivity index (χ1) is 5.86. The molecule has 3 heteroatoms. The highest BCUT2D eigenvalue weighted by atomic mass is 16.5. The van der Waals surface area contributed by atoms with Crippen molar-refractivity contribution in [2.24, 2.45) is 0 Å². The fourth-order valence-electron chi connectivity index (χ4n) is 1.06. The van der Waals surface area contributed by atoms with E-state index < -0.39 is 0 Å². The maximum Gasteiger partial charge on any atom is 0.124 e. The van der Waals surface area contributed by atoms with Gasteiger partial charge in [0.15, 0.2) is 0 Å². The second-order valence-corrected chi connectivity index (χ2v) is 2.51. The van der Waals surface area contributed by atoms with Crippen LogP contribution in [0.3, 0.4) is 0 Å². The lowest BCUT2D eigenvalue weighted by Gasteiger charge is -1.95. The highest BCUT2D eigenvalue weighted by Gasteiger charge is 1.99. The molecule has 0 atom stereocenters. The summed E-state index contributed by atoms with van der Waals surface area (Å²) in [5, 5.41) is 3.80. The van der Waals surface area contributed by atoms with E-state index in [2.05, 4.69) is 5.16 Å². The zero-order valence-electron chi connectivity index (χ0n) is 6.40. The van der Waals surface area contributed by atoms with Crippen LogP contribution in [0, 0.1) is 0 Å². The lowest BCUT2D eigenvalue weighted by molar-refractivity contribution is 0.422. The summed E-state index contributed by atoms with van der Waals surface area (Å²) >= 11 is 0. The summed E-state index contributed by atoms with van der Waals surface area (Å²) in [5.74, 6) is 0. The van der Waals surface area contributed by atoms with Gasteiger partial charge in [0.25, 0.3) is 0 Å².